The number of alkyl halides is 3. The van der Waals surface area contributed by atoms with E-state index in [4.69, 9.17) is 9.47 Å². The number of hydrogen-bond donors (Lipinski definition) is 1. The Balaban J connectivity index is 1.32. The maximum absolute atomic E-state index is 12.9. The van der Waals surface area contributed by atoms with Gasteiger partial charge in [0.25, 0.3) is 0 Å². The van der Waals surface area contributed by atoms with Crippen LogP contribution >= 0.6 is 0 Å². The maximum atomic E-state index is 12.9. The molecule has 3 rings (SSSR count). The SMILES string of the molecule is CCc1ccc(OCCOCC(O)CN2CCN(c3cccc(C(F)(F)F)c3)CC2)cc1. The van der Waals surface area contributed by atoms with Gasteiger partial charge in [-0.15, -0.1) is 0 Å². The smallest absolute Gasteiger partial charge is 0.416 e. The molecule has 1 aliphatic heterocycles. The second kappa shape index (κ2) is 11.5. The number of nitrogens with zero attached hydrogens (tertiary/aromatic N) is 2. The zero-order valence-electron chi connectivity index (χ0n) is 18.4. The van der Waals surface area contributed by atoms with Gasteiger partial charge >= 0.3 is 6.18 Å². The molecular weight excluding hydrogens is 421 g/mol. The highest BCUT2D eigenvalue weighted by molar-refractivity contribution is 5.49. The minimum absolute atomic E-state index is 0.214. The van der Waals surface area contributed by atoms with Gasteiger partial charge in [0.05, 0.1) is 24.9 Å². The van der Waals surface area contributed by atoms with Gasteiger partial charge in [-0.1, -0.05) is 25.1 Å². The van der Waals surface area contributed by atoms with Crippen LogP contribution in [0.2, 0.25) is 0 Å². The Morgan fingerprint density at radius 1 is 1.00 bits per heavy atom. The van der Waals surface area contributed by atoms with Crippen molar-refractivity contribution < 1.29 is 27.8 Å². The van der Waals surface area contributed by atoms with Crippen LogP contribution in [0.15, 0.2) is 48.5 Å². The van der Waals surface area contributed by atoms with Crippen LogP contribution in [0.4, 0.5) is 18.9 Å². The van der Waals surface area contributed by atoms with Crippen molar-refractivity contribution in [2.24, 2.45) is 0 Å². The molecule has 8 heteroatoms. The number of halogens is 3. The summed E-state index contributed by atoms with van der Waals surface area (Å²) < 4.78 is 49.9. The standard InChI is InChI=1S/C24H31F3N2O3/c1-2-19-6-8-23(9-7-19)32-15-14-31-18-22(30)17-28-10-12-29(13-11-28)21-5-3-4-20(16-21)24(25,26)27/h3-9,16,22,30H,2,10-15,17-18H2,1H3. The molecule has 0 saturated carbocycles. The molecule has 2 aromatic carbocycles. The Bertz CT molecular complexity index is 822. The quantitative estimate of drug-likeness (QED) is 0.555. The van der Waals surface area contributed by atoms with Gasteiger partial charge in [0.15, 0.2) is 0 Å². The van der Waals surface area contributed by atoms with Crippen LogP contribution in [0.5, 0.6) is 5.75 Å². The lowest BCUT2D eigenvalue weighted by Gasteiger charge is -2.37. The first-order valence-electron chi connectivity index (χ1n) is 11.0. The number of piperazine rings is 1. The summed E-state index contributed by atoms with van der Waals surface area (Å²) in [7, 11) is 0. The maximum Gasteiger partial charge on any atom is 0.416 e. The molecule has 1 N–H and O–H groups in total. The number of aliphatic hydroxyl groups is 1. The van der Waals surface area contributed by atoms with Gasteiger partial charge in [-0.2, -0.15) is 13.2 Å². The third-order valence-electron chi connectivity index (χ3n) is 5.52. The second-order valence-corrected chi connectivity index (χ2v) is 7.91. The molecule has 0 bridgehead atoms. The fraction of sp³-hybridized carbons (Fsp3) is 0.500. The minimum atomic E-state index is -4.34. The van der Waals surface area contributed by atoms with Crippen LogP contribution in [-0.4, -0.2) is 68.7 Å². The number of aryl methyl sites for hydroxylation is 1. The van der Waals surface area contributed by atoms with Crippen molar-refractivity contribution in [1.82, 2.24) is 4.90 Å². The molecule has 0 aliphatic carbocycles. The van der Waals surface area contributed by atoms with Gasteiger partial charge in [0.1, 0.15) is 12.4 Å². The minimum Gasteiger partial charge on any atom is -0.491 e. The molecule has 1 atom stereocenters. The highest BCUT2D eigenvalue weighted by Gasteiger charge is 2.31. The van der Waals surface area contributed by atoms with Gasteiger partial charge in [0.2, 0.25) is 0 Å². The average molecular weight is 453 g/mol. The molecule has 2 aromatic rings. The van der Waals surface area contributed by atoms with Gasteiger partial charge in [-0.25, -0.2) is 0 Å². The van der Waals surface area contributed by atoms with Crippen molar-refractivity contribution in [3.8, 4) is 5.75 Å². The van der Waals surface area contributed by atoms with E-state index in [1.54, 1.807) is 6.07 Å². The number of anilines is 1. The highest BCUT2D eigenvalue weighted by atomic mass is 19.4. The summed E-state index contributed by atoms with van der Waals surface area (Å²) in [6.45, 7) is 6.14. The average Bonchev–Trinajstić information content (AvgIpc) is 2.79. The molecule has 1 saturated heterocycles. The van der Waals surface area contributed by atoms with Crippen LogP contribution in [0, 0.1) is 0 Å². The number of hydrogen-bond acceptors (Lipinski definition) is 5. The van der Waals surface area contributed by atoms with Gasteiger partial charge < -0.3 is 19.5 Å². The first-order chi connectivity index (χ1) is 15.3. The predicted molar refractivity (Wildman–Crippen MR) is 118 cm³/mol. The Morgan fingerprint density at radius 3 is 2.38 bits per heavy atom. The number of ether oxygens (including phenoxy) is 2. The van der Waals surface area contributed by atoms with Crippen LogP contribution in [0.1, 0.15) is 18.1 Å². The Kier molecular flexibility index (Phi) is 8.78. The van der Waals surface area contributed by atoms with E-state index in [1.807, 2.05) is 29.2 Å². The van der Waals surface area contributed by atoms with Crippen molar-refractivity contribution >= 4 is 5.69 Å². The molecule has 32 heavy (non-hydrogen) atoms. The van der Waals surface area contributed by atoms with Crippen molar-refractivity contribution in [2.75, 3.05) is 57.4 Å². The molecule has 1 aliphatic rings. The van der Waals surface area contributed by atoms with E-state index in [1.165, 1.54) is 17.7 Å². The lowest BCUT2D eigenvalue weighted by molar-refractivity contribution is -0.137. The summed E-state index contributed by atoms with van der Waals surface area (Å²) in [5, 5.41) is 10.2. The van der Waals surface area contributed by atoms with E-state index in [-0.39, 0.29) is 6.61 Å². The van der Waals surface area contributed by atoms with Gasteiger partial charge in [0, 0.05) is 38.4 Å². The zero-order valence-corrected chi connectivity index (χ0v) is 18.4. The Morgan fingerprint density at radius 2 is 1.72 bits per heavy atom. The van der Waals surface area contributed by atoms with Crippen molar-refractivity contribution in [1.29, 1.82) is 0 Å². The van der Waals surface area contributed by atoms with E-state index < -0.39 is 17.8 Å². The van der Waals surface area contributed by atoms with Crippen molar-refractivity contribution in [3.05, 3.63) is 59.7 Å². The third-order valence-corrected chi connectivity index (χ3v) is 5.52. The summed E-state index contributed by atoms with van der Waals surface area (Å²) >= 11 is 0. The molecular formula is C24H31F3N2O3. The largest absolute Gasteiger partial charge is 0.491 e. The van der Waals surface area contributed by atoms with E-state index in [9.17, 15) is 18.3 Å². The molecule has 0 spiro atoms. The van der Waals surface area contributed by atoms with Crippen molar-refractivity contribution in [3.63, 3.8) is 0 Å². The zero-order chi connectivity index (χ0) is 23.0. The molecule has 1 heterocycles. The molecule has 1 fully saturated rings. The van der Waals surface area contributed by atoms with Gasteiger partial charge in [-0.05, 0) is 42.3 Å². The molecule has 1 unspecified atom stereocenters. The summed E-state index contributed by atoms with van der Waals surface area (Å²) in [6, 6.07) is 13.4. The van der Waals surface area contributed by atoms with E-state index in [0.29, 0.717) is 51.6 Å². The lowest BCUT2D eigenvalue weighted by Crippen LogP contribution is -2.49. The van der Waals surface area contributed by atoms with Crippen LogP contribution < -0.4 is 9.64 Å². The van der Waals surface area contributed by atoms with Crippen LogP contribution in [0.25, 0.3) is 0 Å². The Labute approximate surface area is 187 Å². The topological polar surface area (TPSA) is 45.2 Å². The Hall–Kier alpha value is -2.29. The monoisotopic (exact) mass is 452 g/mol. The fourth-order valence-corrected chi connectivity index (χ4v) is 3.68. The number of β-amino-alcohol motifs (C(OH)–C–C–N with tert-alkyl or cyclic N) is 1. The predicted octanol–water partition coefficient (Wildman–Crippen LogP) is 3.85. The van der Waals surface area contributed by atoms with E-state index in [0.717, 1.165) is 18.2 Å². The van der Waals surface area contributed by atoms with Crippen molar-refractivity contribution in [2.45, 2.75) is 25.6 Å². The number of rotatable bonds is 10. The summed E-state index contributed by atoms with van der Waals surface area (Å²) in [4.78, 5) is 4.04. The first kappa shape index (κ1) is 24.4. The molecule has 5 nitrogen and oxygen atoms in total. The summed E-state index contributed by atoms with van der Waals surface area (Å²) in [6.07, 6.45) is -3.98. The summed E-state index contributed by atoms with van der Waals surface area (Å²) in [5.74, 6) is 0.796. The fourth-order valence-electron chi connectivity index (χ4n) is 3.68. The van der Waals surface area contributed by atoms with E-state index in [2.05, 4.69) is 11.8 Å². The van der Waals surface area contributed by atoms with Crippen LogP contribution in [0.3, 0.4) is 0 Å². The molecule has 0 aromatic heterocycles. The highest BCUT2D eigenvalue weighted by Crippen LogP contribution is 2.31. The lowest BCUT2D eigenvalue weighted by atomic mass is 10.1. The van der Waals surface area contributed by atoms with Crippen LogP contribution in [-0.2, 0) is 17.3 Å². The number of benzene rings is 2. The molecule has 176 valence electrons. The molecule has 0 amide bonds. The molecule has 0 radical (unpaired) electrons. The third kappa shape index (κ3) is 7.39. The summed E-state index contributed by atoms with van der Waals surface area (Å²) in [5.41, 5.74) is 1.20. The normalized spacial score (nSPS) is 16.2. The number of aliphatic hydroxyl groups excluding tert-OH is 1. The van der Waals surface area contributed by atoms with E-state index >= 15 is 0 Å². The van der Waals surface area contributed by atoms with Gasteiger partial charge in [-0.3, -0.25) is 4.90 Å². The second-order valence-electron chi connectivity index (χ2n) is 7.91. The first-order valence-corrected chi connectivity index (χ1v) is 11.0.